The third-order valence-electron chi connectivity index (χ3n) is 5.66. The molecular formula is C25H19FN2O5. The van der Waals surface area contributed by atoms with E-state index in [1.807, 2.05) is 0 Å². The number of likely N-dealkylation sites (tertiary alicyclic amines) is 1. The quantitative estimate of drug-likeness (QED) is 0.374. The van der Waals surface area contributed by atoms with Crippen LogP contribution in [-0.4, -0.2) is 39.9 Å². The maximum absolute atomic E-state index is 14.9. The molecule has 166 valence electrons. The number of hydrogen-bond donors (Lipinski definition) is 1. The molecule has 1 saturated heterocycles. The van der Waals surface area contributed by atoms with Crippen LogP contribution in [0.25, 0.3) is 5.76 Å². The van der Waals surface area contributed by atoms with Gasteiger partial charge in [-0.2, -0.15) is 0 Å². The maximum atomic E-state index is 14.9. The molecule has 2 aromatic carbocycles. The van der Waals surface area contributed by atoms with Crippen molar-refractivity contribution in [3.63, 3.8) is 0 Å². The van der Waals surface area contributed by atoms with Gasteiger partial charge in [-0.1, -0.05) is 18.2 Å². The number of nitrogens with zero attached hydrogens (tertiary/aromatic N) is 2. The van der Waals surface area contributed by atoms with Gasteiger partial charge < -0.3 is 19.5 Å². The number of ketones is 1. The zero-order valence-corrected chi connectivity index (χ0v) is 17.4. The number of carbonyl (C=O) groups is 2. The molecule has 0 saturated carbocycles. The molecular weight excluding hydrogens is 427 g/mol. The number of halogens is 1. The van der Waals surface area contributed by atoms with Gasteiger partial charge in [-0.25, -0.2) is 4.39 Å². The molecule has 5 rings (SSSR count). The fraction of sp³-hybridized carbons (Fsp3) is 0.160. The molecule has 3 aromatic rings. The van der Waals surface area contributed by atoms with Crippen LogP contribution in [0.1, 0.15) is 22.7 Å². The average molecular weight is 446 g/mol. The Morgan fingerprint density at radius 2 is 1.76 bits per heavy atom. The zero-order chi connectivity index (χ0) is 22.9. The highest BCUT2D eigenvalue weighted by Gasteiger charge is 2.47. The number of hydrogen-bond acceptors (Lipinski definition) is 6. The largest absolute Gasteiger partial charge is 0.507 e. The number of ether oxygens (including phenoxy) is 2. The van der Waals surface area contributed by atoms with E-state index in [2.05, 4.69) is 4.98 Å². The number of pyridine rings is 1. The van der Waals surface area contributed by atoms with E-state index in [1.54, 1.807) is 48.8 Å². The summed E-state index contributed by atoms with van der Waals surface area (Å²) in [5, 5.41) is 11.2. The van der Waals surface area contributed by atoms with Gasteiger partial charge in [0, 0.05) is 30.1 Å². The van der Waals surface area contributed by atoms with Crippen molar-refractivity contribution in [3.05, 3.63) is 95.1 Å². The molecule has 2 aliphatic heterocycles. The minimum absolute atomic E-state index is 0.0456. The smallest absolute Gasteiger partial charge is 0.295 e. The normalized spacial score (nSPS) is 19.1. The van der Waals surface area contributed by atoms with Crippen LogP contribution >= 0.6 is 0 Å². The first-order chi connectivity index (χ1) is 16.0. The van der Waals surface area contributed by atoms with Crippen LogP contribution in [0.4, 0.5) is 4.39 Å². The molecule has 0 radical (unpaired) electrons. The van der Waals surface area contributed by atoms with E-state index in [0.29, 0.717) is 30.3 Å². The predicted molar refractivity (Wildman–Crippen MR) is 116 cm³/mol. The number of fused-ring (bicyclic) bond motifs is 1. The summed E-state index contributed by atoms with van der Waals surface area (Å²) < 4.78 is 25.9. The Morgan fingerprint density at radius 1 is 1.03 bits per heavy atom. The minimum atomic E-state index is -1.10. The van der Waals surface area contributed by atoms with Gasteiger partial charge in [0.25, 0.3) is 11.7 Å². The monoisotopic (exact) mass is 446 g/mol. The van der Waals surface area contributed by atoms with E-state index in [4.69, 9.17) is 9.47 Å². The highest BCUT2D eigenvalue weighted by molar-refractivity contribution is 6.46. The molecule has 0 bridgehead atoms. The number of Topliss-reactive ketones (excluding diaryl/α,β-unsaturated/α-hetero) is 1. The first-order valence-corrected chi connectivity index (χ1v) is 10.4. The number of aliphatic hydroxyl groups is 1. The highest BCUT2D eigenvalue weighted by atomic mass is 19.1. The molecule has 1 N–H and O–H groups in total. The molecule has 1 aromatic heterocycles. The van der Waals surface area contributed by atoms with Gasteiger partial charge in [0.05, 0.1) is 11.6 Å². The van der Waals surface area contributed by atoms with Crippen LogP contribution < -0.4 is 9.47 Å². The van der Waals surface area contributed by atoms with Crippen LogP contribution in [0.3, 0.4) is 0 Å². The van der Waals surface area contributed by atoms with Crippen molar-refractivity contribution in [2.75, 3.05) is 13.2 Å². The third-order valence-corrected chi connectivity index (χ3v) is 5.66. The van der Waals surface area contributed by atoms with E-state index in [0.717, 1.165) is 0 Å². The van der Waals surface area contributed by atoms with Crippen LogP contribution in [0.5, 0.6) is 11.5 Å². The Kier molecular flexibility index (Phi) is 5.26. The van der Waals surface area contributed by atoms with E-state index in [-0.39, 0.29) is 23.2 Å². The second-order valence-corrected chi connectivity index (χ2v) is 7.66. The Bertz CT molecular complexity index is 1270. The third kappa shape index (κ3) is 3.69. The molecule has 0 aliphatic carbocycles. The maximum Gasteiger partial charge on any atom is 0.295 e. The lowest BCUT2D eigenvalue weighted by Crippen LogP contribution is -2.29. The van der Waals surface area contributed by atoms with E-state index < -0.39 is 29.3 Å². The number of rotatable bonds is 4. The summed E-state index contributed by atoms with van der Waals surface area (Å²) in [6.45, 7) is 0.804. The first kappa shape index (κ1) is 20.7. The van der Waals surface area contributed by atoms with E-state index >= 15 is 0 Å². The van der Waals surface area contributed by atoms with Gasteiger partial charge in [0.1, 0.15) is 24.8 Å². The number of aliphatic hydroxyl groups excluding tert-OH is 1. The lowest BCUT2D eigenvalue weighted by Gasteiger charge is -2.26. The SMILES string of the molecule is O=C1C(=O)N(Cc2ccncc2)[C@@H](c2ccccc2F)/C1=C(\O)c1ccc2c(c1)OCCO2. The van der Waals surface area contributed by atoms with Gasteiger partial charge in [-0.3, -0.25) is 14.6 Å². The van der Waals surface area contributed by atoms with Crippen molar-refractivity contribution in [2.45, 2.75) is 12.6 Å². The van der Waals surface area contributed by atoms with Gasteiger partial charge >= 0.3 is 0 Å². The first-order valence-electron chi connectivity index (χ1n) is 10.4. The minimum Gasteiger partial charge on any atom is -0.507 e. The van der Waals surface area contributed by atoms with Gasteiger partial charge in [-0.05, 0) is 42.0 Å². The molecule has 1 fully saturated rings. The fourth-order valence-corrected chi connectivity index (χ4v) is 4.09. The zero-order valence-electron chi connectivity index (χ0n) is 17.4. The van der Waals surface area contributed by atoms with Gasteiger partial charge in [-0.15, -0.1) is 0 Å². The number of benzene rings is 2. The molecule has 7 nitrogen and oxygen atoms in total. The Balaban J connectivity index is 1.65. The topological polar surface area (TPSA) is 89.0 Å². The van der Waals surface area contributed by atoms with Crippen molar-refractivity contribution >= 4 is 17.4 Å². The molecule has 0 unspecified atom stereocenters. The summed E-state index contributed by atoms with van der Waals surface area (Å²) in [5.74, 6) is -1.77. The average Bonchev–Trinajstić information content (AvgIpc) is 3.09. The van der Waals surface area contributed by atoms with E-state index in [9.17, 15) is 19.1 Å². The number of amides is 1. The van der Waals surface area contributed by atoms with Crippen molar-refractivity contribution in [1.29, 1.82) is 0 Å². The summed E-state index contributed by atoms with van der Waals surface area (Å²) in [4.78, 5) is 31.4. The van der Waals surface area contributed by atoms with Crippen molar-refractivity contribution in [1.82, 2.24) is 9.88 Å². The molecule has 8 heteroatoms. The number of carbonyl (C=O) groups excluding carboxylic acids is 2. The van der Waals surface area contributed by atoms with Crippen molar-refractivity contribution in [3.8, 4) is 11.5 Å². The van der Waals surface area contributed by atoms with Crippen LogP contribution in [0.15, 0.2) is 72.6 Å². The molecule has 0 spiro atoms. The van der Waals surface area contributed by atoms with Gasteiger partial charge in [0.2, 0.25) is 0 Å². The van der Waals surface area contributed by atoms with Crippen molar-refractivity contribution in [2.24, 2.45) is 0 Å². The summed E-state index contributed by atoms with van der Waals surface area (Å²) in [6.07, 6.45) is 3.14. The Hall–Kier alpha value is -4.20. The Labute approximate surface area is 188 Å². The van der Waals surface area contributed by atoms with E-state index in [1.165, 1.54) is 23.1 Å². The van der Waals surface area contributed by atoms with Crippen LogP contribution in [0.2, 0.25) is 0 Å². The van der Waals surface area contributed by atoms with Crippen LogP contribution in [-0.2, 0) is 16.1 Å². The van der Waals surface area contributed by atoms with Crippen LogP contribution in [0, 0.1) is 5.82 Å². The molecule has 3 heterocycles. The highest BCUT2D eigenvalue weighted by Crippen LogP contribution is 2.42. The molecule has 2 aliphatic rings. The number of aromatic nitrogens is 1. The van der Waals surface area contributed by atoms with Gasteiger partial charge in [0.15, 0.2) is 11.5 Å². The summed E-state index contributed by atoms with van der Waals surface area (Å²) in [6, 6.07) is 12.9. The second kappa shape index (κ2) is 8.38. The standard InChI is InChI=1S/C25H19FN2O5/c26-18-4-2-1-3-17(18)22-21(23(29)16-5-6-19-20(13-16)33-12-11-32-19)24(30)25(31)28(22)14-15-7-9-27-10-8-15/h1-10,13,22,29H,11-12,14H2/b23-21+/t22-/m0/s1. The summed E-state index contributed by atoms with van der Waals surface area (Å²) >= 11 is 0. The summed E-state index contributed by atoms with van der Waals surface area (Å²) in [7, 11) is 0. The molecule has 33 heavy (non-hydrogen) atoms. The fourth-order valence-electron chi connectivity index (χ4n) is 4.09. The molecule has 1 amide bonds. The Morgan fingerprint density at radius 3 is 2.52 bits per heavy atom. The predicted octanol–water partition coefficient (Wildman–Crippen LogP) is 3.61. The second-order valence-electron chi connectivity index (χ2n) is 7.66. The lowest BCUT2D eigenvalue weighted by atomic mass is 9.94. The molecule has 1 atom stereocenters. The lowest BCUT2D eigenvalue weighted by molar-refractivity contribution is -0.140. The summed E-state index contributed by atoms with van der Waals surface area (Å²) in [5.41, 5.74) is 0.913. The van der Waals surface area contributed by atoms with Crippen molar-refractivity contribution < 1.29 is 28.6 Å².